The van der Waals surface area contributed by atoms with Gasteiger partial charge in [0, 0.05) is 6.07 Å². The third-order valence-corrected chi connectivity index (χ3v) is 5.46. The van der Waals surface area contributed by atoms with E-state index >= 15 is 0 Å². The third-order valence-electron chi connectivity index (χ3n) is 5.46. The molecule has 1 fully saturated rings. The number of nitrogens with zero attached hydrogens (tertiary/aromatic N) is 2. The highest BCUT2D eigenvalue weighted by Crippen LogP contribution is 2.41. The van der Waals surface area contributed by atoms with Crippen LogP contribution in [0.2, 0.25) is 0 Å². The fourth-order valence-corrected chi connectivity index (χ4v) is 3.93. The van der Waals surface area contributed by atoms with Crippen LogP contribution in [-0.2, 0) is 9.59 Å². The minimum Gasteiger partial charge on any atom is -0.497 e. The molecule has 0 radical (unpaired) electrons. The molecule has 1 atom stereocenters. The Kier molecular flexibility index (Phi) is 5.98. The summed E-state index contributed by atoms with van der Waals surface area (Å²) in [5.41, 5.74) is 1.72. The van der Waals surface area contributed by atoms with Crippen LogP contribution in [0, 0.1) is 0 Å². The lowest BCUT2D eigenvalue weighted by atomic mass is 9.99. The number of benzene rings is 3. The fourth-order valence-electron chi connectivity index (χ4n) is 3.93. The first-order chi connectivity index (χ1) is 15.6. The van der Waals surface area contributed by atoms with Crippen LogP contribution in [0.1, 0.15) is 11.6 Å². The van der Waals surface area contributed by atoms with E-state index in [2.05, 4.69) is 0 Å². The molecule has 1 heterocycles. The average molecular weight is 432 g/mol. The number of rotatable bonds is 6. The smallest absolute Gasteiger partial charge is 0.255 e. The molecule has 4 rings (SSSR count). The monoisotopic (exact) mass is 432 g/mol. The van der Waals surface area contributed by atoms with Gasteiger partial charge in [-0.1, -0.05) is 42.5 Å². The summed E-state index contributed by atoms with van der Waals surface area (Å²) in [4.78, 5) is 30.4. The maximum absolute atomic E-state index is 13.9. The third kappa shape index (κ3) is 3.73. The van der Waals surface area contributed by atoms with E-state index in [1.807, 2.05) is 42.5 Å². The fraction of sp³-hybridized carbons (Fsp3) is 0.200. The molecule has 164 valence electrons. The first kappa shape index (κ1) is 21.2. The Hall–Kier alpha value is -4.00. The van der Waals surface area contributed by atoms with Crippen molar-refractivity contribution in [2.24, 2.45) is 0 Å². The summed E-state index contributed by atoms with van der Waals surface area (Å²) >= 11 is 0. The highest BCUT2D eigenvalue weighted by molar-refractivity contribution is 6.15. The first-order valence-corrected chi connectivity index (χ1v) is 10.1. The van der Waals surface area contributed by atoms with Crippen molar-refractivity contribution in [2.75, 3.05) is 37.7 Å². The van der Waals surface area contributed by atoms with Crippen LogP contribution in [0.3, 0.4) is 0 Å². The van der Waals surface area contributed by atoms with Gasteiger partial charge in [-0.15, -0.1) is 0 Å². The summed E-state index contributed by atoms with van der Waals surface area (Å²) in [7, 11) is 4.61. The maximum Gasteiger partial charge on any atom is 0.255 e. The number of carbonyl (C=O) groups is 2. The Labute approximate surface area is 186 Å². The van der Waals surface area contributed by atoms with Gasteiger partial charge in [0.2, 0.25) is 5.91 Å². The van der Waals surface area contributed by atoms with Crippen LogP contribution in [-0.4, -0.2) is 39.7 Å². The number of hydrogen-bond acceptors (Lipinski definition) is 5. The highest BCUT2D eigenvalue weighted by atomic mass is 16.5. The summed E-state index contributed by atoms with van der Waals surface area (Å²) in [6, 6.07) is 20.7. The Morgan fingerprint density at radius 2 is 1.41 bits per heavy atom. The molecule has 3 aromatic rings. The molecule has 0 aliphatic carbocycles. The van der Waals surface area contributed by atoms with Crippen molar-refractivity contribution in [1.29, 1.82) is 0 Å². The predicted molar refractivity (Wildman–Crippen MR) is 122 cm³/mol. The molecule has 7 heteroatoms. The molecule has 3 aromatic carbocycles. The molecule has 1 aliphatic rings. The number of para-hydroxylation sites is 2. The summed E-state index contributed by atoms with van der Waals surface area (Å²) in [6.07, 6.45) is 0. The number of ether oxygens (including phenoxy) is 3. The number of anilines is 2. The van der Waals surface area contributed by atoms with Crippen molar-refractivity contribution in [1.82, 2.24) is 0 Å². The van der Waals surface area contributed by atoms with E-state index < -0.39 is 6.04 Å². The Morgan fingerprint density at radius 1 is 0.750 bits per heavy atom. The molecule has 1 aliphatic heterocycles. The topological polar surface area (TPSA) is 68.3 Å². The largest absolute Gasteiger partial charge is 0.497 e. The molecule has 1 saturated heterocycles. The van der Waals surface area contributed by atoms with Gasteiger partial charge in [0.05, 0.1) is 32.7 Å². The minimum absolute atomic E-state index is 0.149. The lowest BCUT2D eigenvalue weighted by Gasteiger charge is -2.41. The lowest BCUT2D eigenvalue weighted by Crippen LogP contribution is -2.56. The van der Waals surface area contributed by atoms with Crippen LogP contribution in [0.25, 0.3) is 0 Å². The first-order valence-electron chi connectivity index (χ1n) is 10.1. The number of piperazine rings is 1. The number of methoxy groups -OCH3 is 3. The zero-order chi connectivity index (χ0) is 22.7. The quantitative estimate of drug-likeness (QED) is 0.592. The number of amides is 2. The number of carbonyl (C=O) groups excluding carboxylic acids is 2. The number of hydrogen-bond donors (Lipinski definition) is 0. The predicted octanol–water partition coefficient (Wildman–Crippen LogP) is 3.83. The Bertz CT molecular complexity index is 1130. The van der Waals surface area contributed by atoms with E-state index in [0.29, 0.717) is 34.2 Å². The van der Waals surface area contributed by atoms with Crippen molar-refractivity contribution >= 4 is 23.2 Å². The highest BCUT2D eigenvalue weighted by Gasteiger charge is 2.43. The van der Waals surface area contributed by atoms with Crippen LogP contribution in [0.4, 0.5) is 11.4 Å². The van der Waals surface area contributed by atoms with Crippen molar-refractivity contribution in [2.45, 2.75) is 6.04 Å². The van der Waals surface area contributed by atoms with E-state index in [1.165, 1.54) is 16.9 Å². The molecular formula is C25H24N2O5. The van der Waals surface area contributed by atoms with Crippen LogP contribution in [0.5, 0.6) is 17.2 Å². The summed E-state index contributed by atoms with van der Waals surface area (Å²) < 4.78 is 16.3. The normalized spacial score (nSPS) is 16.2. The zero-order valence-corrected chi connectivity index (χ0v) is 18.1. The Balaban J connectivity index is 1.86. The molecule has 0 aromatic heterocycles. The van der Waals surface area contributed by atoms with Gasteiger partial charge in [-0.2, -0.15) is 0 Å². The van der Waals surface area contributed by atoms with Gasteiger partial charge in [0.15, 0.2) is 0 Å². The minimum atomic E-state index is -0.871. The van der Waals surface area contributed by atoms with Crippen molar-refractivity contribution in [3.8, 4) is 17.2 Å². The van der Waals surface area contributed by atoms with E-state index in [9.17, 15) is 9.59 Å². The summed E-state index contributed by atoms with van der Waals surface area (Å²) in [5.74, 6) is 1.05. The molecular weight excluding hydrogens is 408 g/mol. The van der Waals surface area contributed by atoms with E-state index in [0.717, 1.165) is 0 Å². The molecule has 0 spiro atoms. The molecule has 0 saturated carbocycles. The van der Waals surface area contributed by atoms with Crippen LogP contribution >= 0.6 is 0 Å². The summed E-state index contributed by atoms with van der Waals surface area (Å²) in [6.45, 7) is -0.149. The van der Waals surface area contributed by atoms with E-state index in [1.54, 1.807) is 44.6 Å². The van der Waals surface area contributed by atoms with Gasteiger partial charge in [-0.05, 0) is 29.8 Å². The van der Waals surface area contributed by atoms with Crippen LogP contribution < -0.4 is 24.0 Å². The second-order valence-electron chi connectivity index (χ2n) is 7.21. The second kappa shape index (κ2) is 9.01. The Morgan fingerprint density at radius 3 is 2.09 bits per heavy atom. The standard InChI is InChI=1S/C25H24N2O5/c1-30-18-13-14-22(32-3)20(15-18)26-16-23(28)27(19-11-7-8-12-21(19)31-2)24(25(26)29)17-9-5-4-6-10-17/h4-15,24H,16H2,1-3H3/t24-/m0/s1. The van der Waals surface area contributed by atoms with E-state index in [4.69, 9.17) is 14.2 Å². The van der Waals surface area contributed by atoms with Gasteiger partial charge in [-0.25, -0.2) is 0 Å². The summed E-state index contributed by atoms with van der Waals surface area (Å²) in [5, 5.41) is 0. The zero-order valence-electron chi connectivity index (χ0n) is 18.1. The van der Waals surface area contributed by atoms with Crippen molar-refractivity contribution in [3.63, 3.8) is 0 Å². The maximum atomic E-state index is 13.9. The molecule has 0 N–H and O–H groups in total. The SMILES string of the molecule is COc1ccc(OC)c(N2CC(=O)N(c3ccccc3OC)[C@@H](c3ccccc3)C2=O)c1. The molecule has 7 nitrogen and oxygen atoms in total. The van der Waals surface area contributed by atoms with E-state index in [-0.39, 0.29) is 18.4 Å². The van der Waals surface area contributed by atoms with Gasteiger partial charge in [0.1, 0.15) is 29.8 Å². The average Bonchev–Trinajstić information content (AvgIpc) is 2.85. The molecule has 0 unspecified atom stereocenters. The van der Waals surface area contributed by atoms with Gasteiger partial charge in [-0.3, -0.25) is 19.4 Å². The molecule has 0 bridgehead atoms. The molecule has 2 amide bonds. The van der Waals surface area contributed by atoms with Crippen molar-refractivity contribution in [3.05, 3.63) is 78.4 Å². The second-order valence-corrected chi connectivity index (χ2v) is 7.21. The lowest BCUT2D eigenvalue weighted by molar-refractivity contribution is -0.128. The van der Waals surface area contributed by atoms with Crippen molar-refractivity contribution < 1.29 is 23.8 Å². The molecule has 32 heavy (non-hydrogen) atoms. The van der Waals surface area contributed by atoms with Gasteiger partial charge < -0.3 is 14.2 Å². The van der Waals surface area contributed by atoms with Crippen LogP contribution in [0.15, 0.2) is 72.8 Å². The van der Waals surface area contributed by atoms with Gasteiger partial charge in [0.25, 0.3) is 5.91 Å². The van der Waals surface area contributed by atoms with Gasteiger partial charge >= 0.3 is 0 Å².